The SMILES string of the molecule is CCCCCCCCOc1ccc(-c2ccc(C3OCC(CCC(C)CCCC(C)C)CO3)cc2)cc1. The molecular weight excluding hydrogens is 456 g/mol. The van der Waals surface area contributed by atoms with Crippen LogP contribution in [0.15, 0.2) is 48.5 Å². The van der Waals surface area contributed by atoms with E-state index in [1.165, 1.54) is 75.3 Å². The van der Waals surface area contributed by atoms with Gasteiger partial charge in [-0.15, -0.1) is 0 Å². The van der Waals surface area contributed by atoms with Gasteiger partial charge in [0.15, 0.2) is 6.29 Å². The van der Waals surface area contributed by atoms with Crippen LogP contribution in [0.25, 0.3) is 11.1 Å². The highest BCUT2D eigenvalue weighted by molar-refractivity contribution is 5.64. The Hall–Kier alpha value is -1.84. The first-order valence-electron chi connectivity index (χ1n) is 15.1. The van der Waals surface area contributed by atoms with Gasteiger partial charge in [-0.25, -0.2) is 0 Å². The van der Waals surface area contributed by atoms with Gasteiger partial charge in [0.1, 0.15) is 5.75 Å². The molecule has 2 aromatic rings. The Morgan fingerprint density at radius 1 is 0.730 bits per heavy atom. The van der Waals surface area contributed by atoms with Crippen LogP contribution >= 0.6 is 0 Å². The molecule has 0 aliphatic carbocycles. The number of hydrogen-bond donors (Lipinski definition) is 0. The molecule has 3 nitrogen and oxygen atoms in total. The standard InChI is InChI=1S/C34H52O3/c1-5-6-7-8-9-10-24-35-33-22-20-31(21-23-33)30-16-18-32(19-17-30)34-36-25-29(26-37-34)15-14-28(4)13-11-12-27(2)3/h16-23,27-29,34H,5-15,24-26H2,1-4H3. The molecule has 37 heavy (non-hydrogen) atoms. The maximum absolute atomic E-state index is 6.12. The number of benzene rings is 2. The van der Waals surface area contributed by atoms with Crippen molar-refractivity contribution in [2.45, 2.75) is 105 Å². The maximum Gasteiger partial charge on any atom is 0.183 e. The van der Waals surface area contributed by atoms with Gasteiger partial charge in [-0.2, -0.15) is 0 Å². The molecule has 0 spiro atoms. The van der Waals surface area contributed by atoms with Crippen molar-refractivity contribution in [2.75, 3.05) is 19.8 Å². The predicted molar refractivity (Wildman–Crippen MR) is 156 cm³/mol. The molecule has 2 aromatic carbocycles. The van der Waals surface area contributed by atoms with Crippen molar-refractivity contribution in [1.82, 2.24) is 0 Å². The number of ether oxygens (including phenoxy) is 3. The minimum atomic E-state index is -0.244. The van der Waals surface area contributed by atoms with Gasteiger partial charge in [-0.05, 0) is 47.9 Å². The fraction of sp³-hybridized carbons (Fsp3) is 0.647. The summed E-state index contributed by atoms with van der Waals surface area (Å²) in [5.74, 6) is 3.09. The van der Waals surface area contributed by atoms with Crippen LogP contribution in [-0.2, 0) is 9.47 Å². The predicted octanol–water partition coefficient (Wildman–Crippen LogP) is 10.00. The van der Waals surface area contributed by atoms with Gasteiger partial charge in [0, 0.05) is 11.5 Å². The van der Waals surface area contributed by atoms with Crippen LogP contribution < -0.4 is 4.74 Å². The topological polar surface area (TPSA) is 27.7 Å². The monoisotopic (exact) mass is 508 g/mol. The van der Waals surface area contributed by atoms with Crippen molar-refractivity contribution >= 4 is 0 Å². The molecule has 1 unspecified atom stereocenters. The molecule has 3 rings (SSSR count). The first-order chi connectivity index (χ1) is 18.0. The second-order valence-corrected chi connectivity index (χ2v) is 11.6. The number of rotatable bonds is 17. The van der Waals surface area contributed by atoms with Crippen molar-refractivity contribution in [3.05, 3.63) is 54.1 Å². The molecule has 0 radical (unpaired) electrons. The van der Waals surface area contributed by atoms with Gasteiger partial charge in [0.05, 0.1) is 19.8 Å². The Morgan fingerprint density at radius 2 is 1.35 bits per heavy atom. The van der Waals surface area contributed by atoms with Crippen LogP contribution in [-0.4, -0.2) is 19.8 Å². The van der Waals surface area contributed by atoms with Crippen molar-refractivity contribution in [3.8, 4) is 16.9 Å². The zero-order chi connectivity index (χ0) is 26.3. The molecule has 1 heterocycles. The van der Waals surface area contributed by atoms with Gasteiger partial charge in [0.2, 0.25) is 0 Å². The zero-order valence-electron chi connectivity index (χ0n) is 24.1. The Kier molecular flexibility index (Phi) is 13.6. The van der Waals surface area contributed by atoms with E-state index in [4.69, 9.17) is 14.2 Å². The van der Waals surface area contributed by atoms with E-state index in [-0.39, 0.29) is 6.29 Å². The van der Waals surface area contributed by atoms with Gasteiger partial charge >= 0.3 is 0 Å². The highest BCUT2D eigenvalue weighted by atomic mass is 16.7. The summed E-state index contributed by atoms with van der Waals surface area (Å²) in [7, 11) is 0. The summed E-state index contributed by atoms with van der Waals surface area (Å²) in [4.78, 5) is 0. The van der Waals surface area contributed by atoms with Crippen molar-refractivity contribution < 1.29 is 14.2 Å². The summed E-state index contributed by atoms with van der Waals surface area (Å²) in [5.41, 5.74) is 3.50. The molecule has 0 amide bonds. The van der Waals surface area contributed by atoms with Gasteiger partial charge in [-0.3, -0.25) is 0 Å². The van der Waals surface area contributed by atoms with Crippen LogP contribution in [0.3, 0.4) is 0 Å². The highest BCUT2D eigenvalue weighted by Gasteiger charge is 2.24. The average molecular weight is 509 g/mol. The van der Waals surface area contributed by atoms with E-state index in [2.05, 4.69) is 76.2 Å². The van der Waals surface area contributed by atoms with E-state index in [9.17, 15) is 0 Å². The third-order valence-electron chi connectivity index (χ3n) is 7.65. The van der Waals surface area contributed by atoms with E-state index in [0.717, 1.165) is 49.4 Å². The van der Waals surface area contributed by atoms with Crippen LogP contribution in [0.5, 0.6) is 5.75 Å². The minimum absolute atomic E-state index is 0.244. The Bertz CT molecular complexity index is 834. The largest absolute Gasteiger partial charge is 0.494 e. The van der Waals surface area contributed by atoms with Crippen LogP contribution in [0.2, 0.25) is 0 Å². The van der Waals surface area contributed by atoms with Crippen molar-refractivity contribution in [2.24, 2.45) is 17.8 Å². The first kappa shape index (κ1) is 29.7. The summed E-state index contributed by atoms with van der Waals surface area (Å²) < 4.78 is 18.2. The zero-order valence-corrected chi connectivity index (χ0v) is 24.1. The molecule has 3 heteroatoms. The Balaban J connectivity index is 1.35. The van der Waals surface area contributed by atoms with Gasteiger partial charge in [-0.1, -0.05) is 122 Å². The fourth-order valence-corrected chi connectivity index (χ4v) is 5.09. The van der Waals surface area contributed by atoms with E-state index >= 15 is 0 Å². The first-order valence-corrected chi connectivity index (χ1v) is 15.1. The molecule has 0 N–H and O–H groups in total. The van der Waals surface area contributed by atoms with E-state index in [1.807, 2.05) is 0 Å². The smallest absolute Gasteiger partial charge is 0.183 e. The molecule has 1 aliphatic heterocycles. The highest BCUT2D eigenvalue weighted by Crippen LogP contribution is 2.30. The summed E-state index contributed by atoms with van der Waals surface area (Å²) in [6.45, 7) is 11.7. The molecular formula is C34H52O3. The summed E-state index contributed by atoms with van der Waals surface area (Å²) in [5, 5.41) is 0. The van der Waals surface area contributed by atoms with Gasteiger partial charge < -0.3 is 14.2 Å². The third-order valence-corrected chi connectivity index (χ3v) is 7.65. The Morgan fingerprint density at radius 3 is 2.00 bits per heavy atom. The van der Waals surface area contributed by atoms with E-state index in [0.29, 0.717) is 5.92 Å². The third kappa shape index (κ3) is 11.2. The summed E-state index contributed by atoms with van der Waals surface area (Å²) in [6.07, 6.45) is 14.0. The fourth-order valence-electron chi connectivity index (χ4n) is 5.09. The van der Waals surface area contributed by atoms with Crippen molar-refractivity contribution in [1.29, 1.82) is 0 Å². The minimum Gasteiger partial charge on any atom is -0.494 e. The van der Waals surface area contributed by atoms with Crippen LogP contribution in [0.1, 0.15) is 110 Å². The average Bonchev–Trinajstić information content (AvgIpc) is 2.92. The molecule has 0 aromatic heterocycles. The summed E-state index contributed by atoms with van der Waals surface area (Å²) >= 11 is 0. The molecule has 1 saturated heterocycles. The lowest BCUT2D eigenvalue weighted by atomic mass is 9.92. The lowest BCUT2D eigenvalue weighted by molar-refractivity contribution is -0.206. The van der Waals surface area contributed by atoms with E-state index in [1.54, 1.807) is 0 Å². The quantitative estimate of drug-likeness (QED) is 0.199. The Labute approximate surface area is 227 Å². The second-order valence-electron chi connectivity index (χ2n) is 11.6. The molecule has 1 atom stereocenters. The molecule has 0 bridgehead atoms. The lowest BCUT2D eigenvalue weighted by Gasteiger charge is -2.30. The normalized spacial score (nSPS) is 18.7. The van der Waals surface area contributed by atoms with Crippen LogP contribution in [0.4, 0.5) is 0 Å². The molecule has 1 fully saturated rings. The van der Waals surface area contributed by atoms with Crippen molar-refractivity contribution in [3.63, 3.8) is 0 Å². The molecule has 1 aliphatic rings. The van der Waals surface area contributed by atoms with Crippen LogP contribution in [0, 0.1) is 17.8 Å². The summed E-state index contributed by atoms with van der Waals surface area (Å²) in [6, 6.07) is 17.1. The number of hydrogen-bond acceptors (Lipinski definition) is 3. The number of unbranched alkanes of at least 4 members (excludes halogenated alkanes) is 5. The van der Waals surface area contributed by atoms with Gasteiger partial charge in [0.25, 0.3) is 0 Å². The van der Waals surface area contributed by atoms with E-state index < -0.39 is 0 Å². The lowest BCUT2D eigenvalue weighted by Crippen LogP contribution is -2.27. The molecule has 206 valence electrons. The maximum atomic E-state index is 6.12. The second kappa shape index (κ2) is 16.9. The molecule has 0 saturated carbocycles.